The number of H-pyrrole nitrogens is 1. The van der Waals surface area contributed by atoms with Crippen LogP contribution in [-0.4, -0.2) is 23.3 Å². The van der Waals surface area contributed by atoms with E-state index in [0.29, 0.717) is 0 Å². The van der Waals surface area contributed by atoms with Crippen LogP contribution in [0.2, 0.25) is 0 Å². The molecular weight excluding hydrogens is 204 g/mol. The van der Waals surface area contributed by atoms with Crippen molar-refractivity contribution in [1.82, 2.24) is 10.2 Å². The number of esters is 1. The van der Waals surface area contributed by atoms with Crippen LogP contribution in [0.1, 0.15) is 11.1 Å². The molecule has 0 saturated carbocycles. The fourth-order valence-electron chi connectivity index (χ4n) is 1.48. The second-order valence-electron chi connectivity index (χ2n) is 3.37. The average molecular weight is 214 g/mol. The summed E-state index contributed by atoms with van der Waals surface area (Å²) >= 11 is 0. The Morgan fingerprint density at radius 2 is 2.31 bits per heavy atom. The number of carbonyl (C=O) groups is 1. The quantitative estimate of drug-likeness (QED) is 0.532. The normalized spacial score (nSPS) is 9.62. The number of fused-ring (bicyclic) bond motifs is 1. The summed E-state index contributed by atoms with van der Waals surface area (Å²) < 4.78 is 4.44. The maximum absolute atomic E-state index is 10.9. The first-order valence-corrected chi connectivity index (χ1v) is 4.74. The predicted molar refractivity (Wildman–Crippen MR) is 59.7 cm³/mol. The van der Waals surface area contributed by atoms with E-state index in [1.54, 1.807) is 6.20 Å². The van der Waals surface area contributed by atoms with E-state index >= 15 is 0 Å². The van der Waals surface area contributed by atoms with Gasteiger partial charge in [0.1, 0.15) is 0 Å². The van der Waals surface area contributed by atoms with Gasteiger partial charge in [-0.3, -0.25) is 5.10 Å². The zero-order valence-corrected chi connectivity index (χ0v) is 9.00. The number of carbonyl (C=O) groups excluding carboxylic acids is 1. The van der Waals surface area contributed by atoms with Crippen LogP contribution < -0.4 is 0 Å². The van der Waals surface area contributed by atoms with E-state index in [2.05, 4.69) is 26.8 Å². The fourth-order valence-corrected chi connectivity index (χ4v) is 1.48. The van der Waals surface area contributed by atoms with Gasteiger partial charge >= 0.3 is 5.97 Å². The molecule has 4 nitrogen and oxygen atoms in total. The molecule has 1 heterocycles. The van der Waals surface area contributed by atoms with Crippen LogP contribution in [0.5, 0.6) is 0 Å². The molecule has 0 bridgehead atoms. The third-order valence-electron chi connectivity index (χ3n) is 2.24. The number of aromatic nitrogens is 2. The Labute approximate surface area is 92.6 Å². The molecule has 1 N–H and O–H groups in total. The van der Waals surface area contributed by atoms with Crippen LogP contribution in [0.15, 0.2) is 18.3 Å². The fraction of sp³-hybridized carbons (Fsp3) is 0.167. The number of rotatable bonds is 0. The minimum atomic E-state index is -0.537. The Balaban J connectivity index is 2.45. The summed E-state index contributed by atoms with van der Waals surface area (Å²) in [6.45, 7) is 1.96. The number of hydrogen-bond acceptors (Lipinski definition) is 3. The largest absolute Gasteiger partial charge is 0.459 e. The van der Waals surface area contributed by atoms with Gasteiger partial charge in [-0.05, 0) is 24.6 Å². The molecule has 0 saturated heterocycles. The lowest BCUT2D eigenvalue weighted by Crippen LogP contribution is -1.94. The second kappa shape index (κ2) is 4.07. The molecule has 0 atom stereocenters. The van der Waals surface area contributed by atoms with Gasteiger partial charge in [0.05, 0.1) is 18.8 Å². The minimum absolute atomic E-state index is 0.537. The lowest BCUT2D eigenvalue weighted by atomic mass is 10.1. The SMILES string of the molecule is COC(=O)C#Cc1cc(C)c2[nH]ncc2c1. The molecule has 0 aliphatic carbocycles. The molecule has 2 aromatic rings. The highest BCUT2D eigenvalue weighted by atomic mass is 16.5. The number of ether oxygens (including phenoxy) is 1. The number of nitrogens with one attached hydrogen (secondary N) is 1. The lowest BCUT2D eigenvalue weighted by Gasteiger charge is -1.96. The van der Waals surface area contributed by atoms with Gasteiger partial charge in [-0.25, -0.2) is 4.79 Å². The molecule has 0 amide bonds. The number of hydrogen-bond donors (Lipinski definition) is 1. The zero-order valence-electron chi connectivity index (χ0n) is 9.00. The Morgan fingerprint density at radius 3 is 3.06 bits per heavy atom. The van der Waals surface area contributed by atoms with Crippen molar-refractivity contribution in [1.29, 1.82) is 0 Å². The van der Waals surface area contributed by atoms with Crippen LogP contribution in [0.25, 0.3) is 10.9 Å². The molecule has 16 heavy (non-hydrogen) atoms. The van der Waals surface area contributed by atoms with Crippen molar-refractivity contribution < 1.29 is 9.53 Å². The summed E-state index contributed by atoms with van der Waals surface area (Å²) in [5, 5.41) is 7.83. The Bertz CT molecular complexity index is 602. The number of nitrogens with zero attached hydrogens (tertiary/aromatic N) is 1. The molecular formula is C12H10N2O2. The van der Waals surface area contributed by atoms with E-state index < -0.39 is 5.97 Å². The highest BCUT2D eigenvalue weighted by Gasteiger charge is 2.01. The van der Waals surface area contributed by atoms with Gasteiger partial charge in [0.25, 0.3) is 0 Å². The van der Waals surface area contributed by atoms with Crippen LogP contribution >= 0.6 is 0 Å². The first-order chi connectivity index (χ1) is 7.70. The molecule has 0 spiro atoms. The molecule has 2 rings (SSSR count). The van der Waals surface area contributed by atoms with Crippen molar-refractivity contribution in [2.45, 2.75) is 6.92 Å². The van der Waals surface area contributed by atoms with E-state index in [1.807, 2.05) is 19.1 Å². The van der Waals surface area contributed by atoms with Gasteiger partial charge in [0, 0.05) is 16.9 Å². The summed E-state index contributed by atoms with van der Waals surface area (Å²) in [5.41, 5.74) is 2.81. The van der Waals surface area contributed by atoms with Crippen molar-refractivity contribution in [2.24, 2.45) is 0 Å². The van der Waals surface area contributed by atoms with Crippen molar-refractivity contribution in [3.63, 3.8) is 0 Å². The number of aromatic amines is 1. The Morgan fingerprint density at radius 1 is 1.50 bits per heavy atom. The molecule has 1 aromatic carbocycles. The van der Waals surface area contributed by atoms with Gasteiger partial charge < -0.3 is 4.74 Å². The standard InChI is InChI=1S/C12H10N2O2/c1-8-5-9(3-4-11(15)16-2)6-10-7-13-14-12(8)10/h5-7H,1-2H3,(H,13,14). The van der Waals surface area contributed by atoms with Crippen molar-refractivity contribution in [3.05, 3.63) is 29.5 Å². The molecule has 0 unspecified atom stereocenters. The van der Waals surface area contributed by atoms with Crippen LogP contribution in [0.4, 0.5) is 0 Å². The van der Waals surface area contributed by atoms with Gasteiger partial charge in [-0.2, -0.15) is 5.10 Å². The molecule has 80 valence electrons. The number of aryl methyl sites for hydroxylation is 1. The Kier molecular flexibility index (Phi) is 2.61. The Hall–Kier alpha value is -2.28. The summed E-state index contributed by atoms with van der Waals surface area (Å²) in [6, 6.07) is 3.78. The highest BCUT2D eigenvalue weighted by Crippen LogP contribution is 2.17. The second-order valence-corrected chi connectivity index (χ2v) is 3.37. The smallest absolute Gasteiger partial charge is 0.384 e. The van der Waals surface area contributed by atoms with Crippen molar-refractivity contribution in [3.8, 4) is 11.8 Å². The average Bonchev–Trinajstić information content (AvgIpc) is 2.74. The molecule has 0 aliphatic heterocycles. The monoisotopic (exact) mass is 214 g/mol. The van der Waals surface area contributed by atoms with Gasteiger partial charge in [0.15, 0.2) is 0 Å². The summed E-state index contributed by atoms with van der Waals surface area (Å²) in [5.74, 6) is 4.61. The predicted octanol–water partition coefficient (Wildman–Crippen LogP) is 1.40. The first-order valence-electron chi connectivity index (χ1n) is 4.74. The van der Waals surface area contributed by atoms with E-state index in [9.17, 15) is 4.79 Å². The minimum Gasteiger partial charge on any atom is -0.459 e. The van der Waals surface area contributed by atoms with E-state index in [0.717, 1.165) is 22.0 Å². The van der Waals surface area contributed by atoms with E-state index in [1.165, 1.54) is 7.11 Å². The van der Waals surface area contributed by atoms with Gasteiger partial charge in [0.2, 0.25) is 0 Å². The van der Waals surface area contributed by atoms with E-state index in [-0.39, 0.29) is 0 Å². The lowest BCUT2D eigenvalue weighted by molar-refractivity contribution is -0.133. The molecule has 4 heteroatoms. The molecule has 1 aromatic heterocycles. The van der Waals surface area contributed by atoms with E-state index in [4.69, 9.17) is 0 Å². The van der Waals surface area contributed by atoms with Crippen molar-refractivity contribution >= 4 is 16.9 Å². The van der Waals surface area contributed by atoms with Crippen LogP contribution in [0, 0.1) is 18.8 Å². The summed E-state index contributed by atoms with van der Waals surface area (Å²) in [4.78, 5) is 10.9. The molecule has 0 fully saturated rings. The summed E-state index contributed by atoms with van der Waals surface area (Å²) in [7, 11) is 1.31. The number of benzene rings is 1. The third-order valence-corrected chi connectivity index (χ3v) is 2.24. The summed E-state index contributed by atoms with van der Waals surface area (Å²) in [6.07, 6.45) is 1.73. The maximum Gasteiger partial charge on any atom is 0.384 e. The topological polar surface area (TPSA) is 55.0 Å². The molecule has 0 radical (unpaired) electrons. The highest BCUT2D eigenvalue weighted by molar-refractivity contribution is 5.89. The van der Waals surface area contributed by atoms with Gasteiger partial charge in [-0.15, -0.1) is 0 Å². The maximum atomic E-state index is 10.9. The zero-order chi connectivity index (χ0) is 11.5. The van der Waals surface area contributed by atoms with Gasteiger partial charge in [-0.1, -0.05) is 5.92 Å². The van der Waals surface area contributed by atoms with Crippen LogP contribution in [-0.2, 0) is 9.53 Å². The third kappa shape index (κ3) is 1.89. The first kappa shape index (κ1) is 10.2. The van der Waals surface area contributed by atoms with Crippen molar-refractivity contribution in [2.75, 3.05) is 7.11 Å². The van der Waals surface area contributed by atoms with Crippen LogP contribution in [0.3, 0.4) is 0 Å². The molecule has 0 aliphatic rings. The number of methoxy groups -OCH3 is 1.